The average molecular weight is 297 g/mol. The molecule has 0 aliphatic rings. The van der Waals surface area contributed by atoms with Gasteiger partial charge < -0.3 is 10.4 Å². The quantitative estimate of drug-likeness (QED) is 0.840. The molecule has 0 spiro atoms. The summed E-state index contributed by atoms with van der Waals surface area (Å²) >= 11 is 5.86. The molecule has 0 aliphatic carbocycles. The minimum Gasteiger partial charge on any atom is -0.391 e. The third-order valence-corrected chi connectivity index (χ3v) is 2.71. The Bertz CT molecular complexity index is 545. The Labute approximate surface area is 122 Å². The van der Waals surface area contributed by atoms with Crippen LogP contribution in [0.1, 0.15) is 20.3 Å². The normalized spacial score (nSPS) is 12.7. The second-order valence-corrected chi connectivity index (χ2v) is 5.18. The van der Waals surface area contributed by atoms with E-state index in [1.165, 1.54) is 4.68 Å². The topological polar surface area (TPSA) is 88.8 Å². The summed E-state index contributed by atoms with van der Waals surface area (Å²) in [6, 6.07) is 1.76. The zero-order valence-corrected chi connectivity index (χ0v) is 12.1. The molecule has 0 aromatic carbocycles. The number of hydrogen-bond acceptors (Lipinski definition) is 6. The van der Waals surface area contributed by atoms with Gasteiger partial charge in [-0.1, -0.05) is 13.8 Å². The smallest absolute Gasteiger partial charge is 0.256 e. The number of nitrogens with zero attached hydrogens (tertiary/aromatic N) is 5. The minimum atomic E-state index is -0.460. The second-order valence-electron chi connectivity index (χ2n) is 4.84. The molecule has 2 rings (SSSR count). The molecule has 0 saturated carbocycles. The Morgan fingerprint density at radius 1 is 1.35 bits per heavy atom. The van der Waals surface area contributed by atoms with E-state index in [2.05, 4.69) is 39.2 Å². The van der Waals surface area contributed by atoms with Gasteiger partial charge in [0.15, 0.2) is 0 Å². The molecule has 0 saturated heterocycles. The van der Waals surface area contributed by atoms with E-state index in [1.54, 1.807) is 18.5 Å². The summed E-state index contributed by atoms with van der Waals surface area (Å²) in [5, 5.41) is 16.9. The summed E-state index contributed by atoms with van der Waals surface area (Å²) in [5.74, 6) is 1.07. The Kier molecular flexibility index (Phi) is 4.86. The van der Waals surface area contributed by atoms with Gasteiger partial charge in [-0.2, -0.15) is 20.1 Å². The summed E-state index contributed by atoms with van der Waals surface area (Å²) in [7, 11) is 0. The van der Waals surface area contributed by atoms with Crippen molar-refractivity contribution in [1.82, 2.24) is 24.7 Å². The van der Waals surface area contributed by atoms with Gasteiger partial charge in [-0.15, -0.1) is 0 Å². The van der Waals surface area contributed by atoms with Crippen LogP contribution in [0.5, 0.6) is 0 Å². The zero-order chi connectivity index (χ0) is 14.5. The Morgan fingerprint density at radius 2 is 2.15 bits per heavy atom. The maximum absolute atomic E-state index is 9.82. The molecule has 1 unspecified atom stereocenters. The lowest BCUT2D eigenvalue weighted by molar-refractivity contribution is 0.161. The van der Waals surface area contributed by atoms with E-state index in [0.29, 0.717) is 30.8 Å². The van der Waals surface area contributed by atoms with Crippen LogP contribution in [-0.4, -0.2) is 42.5 Å². The number of nitrogens with one attached hydrogen (secondary N) is 1. The van der Waals surface area contributed by atoms with Gasteiger partial charge in [0.2, 0.25) is 11.2 Å². The second kappa shape index (κ2) is 6.62. The fourth-order valence-corrected chi connectivity index (χ4v) is 1.90. The van der Waals surface area contributed by atoms with Gasteiger partial charge in [0.1, 0.15) is 0 Å². The lowest BCUT2D eigenvalue weighted by atomic mass is 10.1. The SMILES string of the molecule is CC(C)CC(O)CNc1nc(Cl)nc(-n2cccn2)n1. The standard InChI is InChI=1S/C12H17ClN6O/c1-8(2)6-9(20)7-14-11-16-10(13)17-12(18-11)19-5-3-4-15-19/h3-5,8-9,20H,6-7H2,1-2H3,(H,14,16,17,18). The van der Waals surface area contributed by atoms with Crippen molar-refractivity contribution in [3.05, 3.63) is 23.7 Å². The molecule has 2 heterocycles. The first-order valence-electron chi connectivity index (χ1n) is 6.38. The third kappa shape index (κ3) is 4.14. The van der Waals surface area contributed by atoms with Gasteiger partial charge in [-0.25, -0.2) is 4.68 Å². The maximum atomic E-state index is 9.82. The first-order valence-corrected chi connectivity index (χ1v) is 6.76. The average Bonchev–Trinajstić information content (AvgIpc) is 2.89. The van der Waals surface area contributed by atoms with Gasteiger partial charge >= 0.3 is 0 Å². The largest absolute Gasteiger partial charge is 0.391 e. The summed E-state index contributed by atoms with van der Waals surface area (Å²) < 4.78 is 1.49. The number of hydrogen-bond donors (Lipinski definition) is 2. The molecule has 0 fully saturated rings. The van der Waals surface area contributed by atoms with E-state index in [4.69, 9.17) is 11.6 Å². The van der Waals surface area contributed by atoms with Gasteiger partial charge in [-0.3, -0.25) is 0 Å². The molecular weight excluding hydrogens is 280 g/mol. The van der Waals surface area contributed by atoms with Crippen LogP contribution in [0.25, 0.3) is 5.95 Å². The molecule has 0 bridgehead atoms. The molecule has 0 aliphatic heterocycles. The molecule has 2 aromatic heterocycles. The summed E-state index contributed by atoms with van der Waals surface area (Å²) in [4.78, 5) is 12.2. The van der Waals surface area contributed by atoms with Crippen LogP contribution in [-0.2, 0) is 0 Å². The molecule has 0 amide bonds. The number of aromatic nitrogens is 5. The van der Waals surface area contributed by atoms with Crippen LogP contribution < -0.4 is 5.32 Å². The van der Waals surface area contributed by atoms with Crippen molar-refractivity contribution < 1.29 is 5.11 Å². The monoisotopic (exact) mass is 296 g/mol. The van der Waals surface area contributed by atoms with Crippen LogP contribution >= 0.6 is 11.6 Å². The fraction of sp³-hybridized carbons (Fsp3) is 0.500. The van der Waals surface area contributed by atoms with Crippen LogP contribution in [0.4, 0.5) is 5.95 Å². The summed E-state index contributed by atoms with van der Waals surface area (Å²) in [6.45, 7) is 4.47. The Hall–Kier alpha value is -1.73. The molecule has 2 aromatic rings. The predicted octanol–water partition coefficient (Wildman–Crippen LogP) is 1.53. The van der Waals surface area contributed by atoms with Gasteiger partial charge in [0.05, 0.1) is 6.10 Å². The van der Waals surface area contributed by atoms with Crippen molar-refractivity contribution in [2.45, 2.75) is 26.4 Å². The van der Waals surface area contributed by atoms with Crippen LogP contribution in [0.2, 0.25) is 5.28 Å². The van der Waals surface area contributed by atoms with Gasteiger partial charge in [0, 0.05) is 18.9 Å². The van der Waals surface area contributed by atoms with Crippen molar-refractivity contribution in [3.8, 4) is 5.95 Å². The highest BCUT2D eigenvalue weighted by Crippen LogP contribution is 2.10. The maximum Gasteiger partial charge on any atom is 0.256 e. The minimum absolute atomic E-state index is 0.0753. The zero-order valence-electron chi connectivity index (χ0n) is 11.4. The van der Waals surface area contributed by atoms with Gasteiger partial charge in [0.25, 0.3) is 5.95 Å². The van der Waals surface area contributed by atoms with E-state index < -0.39 is 6.10 Å². The highest BCUT2D eigenvalue weighted by molar-refractivity contribution is 6.28. The molecule has 108 valence electrons. The van der Waals surface area contributed by atoms with E-state index in [-0.39, 0.29) is 5.28 Å². The fourth-order valence-electron chi connectivity index (χ4n) is 1.74. The highest BCUT2D eigenvalue weighted by Gasteiger charge is 2.10. The molecule has 2 N–H and O–H groups in total. The number of aliphatic hydroxyl groups is 1. The van der Waals surface area contributed by atoms with Crippen LogP contribution in [0, 0.1) is 5.92 Å². The Morgan fingerprint density at radius 3 is 2.80 bits per heavy atom. The van der Waals surface area contributed by atoms with Gasteiger partial charge in [-0.05, 0) is 30.0 Å². The predicted molar refractivity (Wildman–Crippen MR) is 75.9 cm³/mol. The van der Waals surface area contributed by atoms with Crippen molar-refractivity contribution >= 4 is 17.5 Å². The van der Waals surface area contributed by atoms with Crippen LogP contribution in [0.15, 0.2) is 18.5 Å². The van der Waals surface area contributed by atoms with E-state index in [9.17, 15) is 5.11 Å². The van der Waals surface area contributed by atoms with Crippen molar-refractivity contribution in [2.24, 2.45) is 5.92 Å². The molecule has 1 atom stereocenters. The molecule has 20 heavy (non-hydrogen) atoms. The number of anilines is 1. The highest BCUT2D eigenvalue weighted by atomic mass is 35.5. The third-order valence-electron chi connectivity index (χ3n) is 2.54. The summed E-state index contributed by atoms with van der Waals surface area (Å²) in [5.41, 5.74) is 0. The van der Waals surface area contributed by atoms with Crippen LogP contribution in [0.3, 0.4) is 0 Å². The lowest BCUT2D eigenvalue weighted by Crippen LogP contribution is -2.22. The first kappa shape index (κ1) is 14.7. The molecule has 8 heteroatoms. The van der Waals surface area contributed by atoms with Crippen molar-refractivity contribution in [1.29, 1.82) is 0 Å². The van der Waals surface area contributed by atoms with E-state index >= 15 is 0 Å². The van der Waals surface area contributed by atoms with Crippen molar-refractivity contribution in [3.63, 3.8) is 0 Å². The number of rotatable bonds is 6. The van der Waals surface area contributed by atoms with E-state index in [1.807, 2.05) is 0 Å². The summed E-state index contributed by atoms with van der Waals surface area (Å²) in [6.07, 6.45) is 3.58. The number of halogens is 1. The van der Waals surface area contributed by atoms with E-state index in [0.717, 1.165) is 0 Å². The first-order chi connectivity index (χ1) is 9.54. The molecule has 0 radical (unpaired) electrons. The molecular formula is C12H17ClN6O. The molecule has 7 nitrogen and oxygen atoms in total. The van der Waals surface area contributed by atoms with Crippen molar-refractivity contribution in [2.75, 3.05) is 11.9 Å². The Balaban J connectivity index is 2.05. The lowest BCUT2D eigenvalue weighted by Gasteiger charge is -2.14. The number of aliphatic hydroxyl groups excluding tert-OH is 1.